The zero-order valence-electron chi connectivity index (χ0n) is 17.7. The van der Waals surface area contributed by atoms with E-state index in [0.29, 0.717) is 10.7 Å². The van der Waals surface area contributed by atoms with E-state index in [1.54, 1.807) is 36.4 Å². The number of sulfonamides is 1. The minimum atomic E-state index is -3.96. The van der Waals surface area contributed by atoms with Crippen LogP contribution in [0.1, 0.15) is 29.7 Å². The summed E-state index contributed by atoms with van der Waals surface area (Å²) in [5.41, 5.74) is 3.58. The molecule has 0 heterocycles. The van der Waals surface area contributed by atoms with Gasteiger partial charge in [-0.25, -0.2) is 8.42 Å². The summed E-state index contributed by atoms with van der Waals surface area (Å²) in [5.74, 6) is -0.412. The maximum absolute atomic E-state index is 13.3. The minimum Gasteiger partial charge on any atom is -0.348 e. The van der Waals surface area contributed by atoms with Crippen molar-refractivity contribution in [2.45, 2.75) is 31.7 Å². The Morgan fingerprint density at radius 3 is 2.32 bits per heavy atom. The minimum absolute atomic E-state index is 0.102. The van der Waals surface area contributed by atoms with E-state index in [0.717, 1.165) is 15.4 Å². The van der Waals surface area contributed by atoms with Gasteiger partial charge in [0.05, 0.1) is 16.6 Å². The van der Waals surface area contributed by atoms with Crippen LogP contribution in [0.3, 0.4) is 0 Å². The van der Waals surface area contributed by atoms with Gasteiger partial charge in [0.2, 0.25) is 5.91 Å². The van der Waals surface area contributed by atoms with E-state index in [4.69, 9.17) is 11.6 Å². The lowest BCUT2D eigenvalue weighted by Gasteiger charge is -2.25. The Kier molecular flexibility index (Phi) is 7.03. The van der Waals surface area contributed by atoms with Crippen LogP contribution in [0.4, 0.5) is 5.69 Å². The van der Waals surface area contributed by atoms with E-state index in [-0.39, 0.29) is 17.5 Å². The van der Waals surface area contributed by atoms with Crippen molar-refractivity contribution in [3.63, 3.8) is 0 Å². The summed E-state index contributed by atoms with van der Waals surface area (Å²) in [5, 5.41) is 3.29. The second kappa shape index (κ2) is 9.54. The predicted octanol–water partition coefficient (Wildman–Crippen LogP) is 5.03. The molecule has 3 aromatic carbocycles. The van der Waals surface area contributed by atoms with Crippen LogP contribution in [-0.2, 0) is 14.8 Å². The van der Waals surface area contributed by atoms with Crippen LogP contribution in [0, 0.1) is 13.8 Å². The SMILES string of the molecule is Cc1ccc(C(C)NC(=O)CN(c2cccc(Cl)c2)S(=O)(=O)c2ccccc2)cc1C. The number of hydrogen-bond donors (Lipinski definition) is 1. The first-order chi connectivity index (χ1) is 14.7. The molecule has 0 radical (unpaired) electrons. The van der Waals surface area contributed by atoms with E-state index >= 15 is 0 Å². The number of carbonyl (C=O) groups excluding carboxylic acids is 1. The Labute approximate surface area is 188 Å². The standard InChI is InChI=1S/C24H25ClN2O3S/c1-17-12-13-20(14-18(17)2)19(3)26-24(28)16-27(22-9-7-8-21(25)15-22)31(29,30)23-10-5-4-6-11-23/h4-15,19H,16H2,1-3H3,(H,26,28). The van der Waals surface area contributed by atoms with Crippen molar-refractivity contribution < 1.29 is 13.2 Å². The van der Waals surface area contributed by atoms with Gasteiger partial charge < -0.3 is 5.32 Å². The normalized spacial score (nSPS) is 12.3. The second-order valence-corrected chi connectivity index (χ2v) is 9.74. The van der Waals surface area contributed by atoms with Gasteiger partial charge in [0.25, 0.3) is 10.0 Å². The Hall–Kier alpha value is -2.83. The van der Waals surface area contributed by atoms with Crippen molar-refractivity contribution in [2.24, 2.45) is 0 Å². The first kappa shape index (κ1) is 22.8. The molecular weight excluding hydrogens is 432 g/mol. The molecule has 1 unspecified atom stereocenters. The number of anilines is 1. The third kappa shape index (κ3) is 5.46. The van der Waals surface area contributed by atoms with Crippen LogP contribution in [0.25, 0.3) is 0 Å². The highest BCUT2D eigenvalue weighted by molar-refractivity contribution is 7.92. The van der Waals surface area contributed by atoms with Gasteiger partial charge in [0, 0.05) is 5.02 Å². The van der Waals surface area contributed by atoms with Crippen LogP contribution in [0.2, 0.25) is 5.02 Å². The number of amides is 1. The summed E-state index contributed by atoms with van der Waals surface area (Å²) < 4.78 is 27.7. The zero-order chi connectivity index (χ0) is 22.6. The first-order valence-electron chi connectivity index (χ1n) is 9.88. The van der Waals surface area contributed by atoms with Crippen molar-refractivity contribution in [3.05, 3.63) is 94.5 Å². The van der Waals surface area contributed by atoms with E-state index < -0.39 is 15.9 Å². The molecule has 0 bridgehead atoms. The Morgan fingerprint density at radius 1 is 0.968 bits per heavy atom. The zero-order valence-corrected chi connectivity index (χ0v) is 19.2. The highest BCUT2D eigenvalue weighted by Crippen LogP contribution is 2.26. The van der Waals surface area contributed by atoms with Crippen LogP contribution >= 0.6 is 11.6 Å². The molecule has 1 N–H and O–H groups in total. The molecule has 162 valence electrons. The first-order valence-corrected chi connectivity index (χ1v) is 11.7. The van der Waals surface area contributed by atoms with Gasteiger partial charge in [0.1, 0.15) is 6.54 Å². The van der Waals surface area contributed by atoms with Gasteiger partial charge in [0.15, 0.2) is 0 Å². The topological polar surface area (TPSA) is 66.5 Å². The number of nitrogens with zero attached hydrogens (tertiary/aromatic N) is 1. The molecule has 5 nitrogen and oxygen atoms in total. The number of halogens is 1. The van der Waals surface area contributed by atoms with Gasteiger partial charge >= 0.3 is 0 Å². The Balaban J connectivity index is 1.88. The molecule has 0 aliphatic heterocycles. The lowest BCUT2D eigenvalue weighted by Crippen LogP contribution is -2.41. The second-order valence-electron chi connectivity index (χ2n) is 7.44. The largest absolute Gasteiger partial charge is 0.348 e. The average Bonchev–Trinajstić information content (AvgIpc) is 2.74. The molecule has 3 aromatic rings. The summed E-state index contributed by atoms with van der Waals surface area (Å²) in [7, 11) is -3.96. The van der Waals surface area contributed by atoms with E-state index in [9.17, 15) is 13.2 Å². The lowest BCUT2D eigenvalue weighted by molar-refractivity contribution is -0.120. The number of aryl methyl sites for hydroxylation is 2. The molecule has 0 saturated carbocycles. The number of carbonyl (C=O) groups is 1. The van der Waals surface area contributed by atoms with Crippen molar-refractivity contribution in [3.8, 4) is 0 Å². The van der Waals surface area contributed by atoms with Crippen molar-refractivity contribution in [2.75, 3.05) is 10.8 Å². The van der Waals surface area contributed by atoms with E-state index in [1.165, 1.54) is 23.8 Å². The molecular formula is C24H25ClN2O3S. The fraction of sp³-hybridized carbons (Fsp3) is 0.208. The van der Waals surface area contributed by atoms with Gasteiger partial charge in [-0.1, -0.05) is 54.1 Å². The third-order valence-corrected chi connectivity index (χ3v) is 7.15. The quantitative estimate of drug-likeness (QED) is 0.542. The van der Waals surface area contributed by atoms with Gasteiger partial charge in [-0.3, -0.25) is 9.10 Å². The summed E-state index contributed by atoms with van der Waals surface area (Å²) in [6.45, 7) is 5.55. The highest BCUT2D eigenvalue weighted by Gasteiger charge is 2.27. The molecule has 7 heteroatoms. The van der Waals surface area contributed by atoms with Crippen LogP contribution < -0.4 is 9.62 Å². The fourth-order valence-corrected chi connectivity index (χ4v) is 4.82. The van der Waals surface area contributed by atoms with Crippen molar-refractivity contribution >= 4 is 33.2 Å². The molecule has 0 aliphatic rings. The van der Waals surface area contributed by atoms with Crippen LogP contribution in [0.5, 0.6) is 0 Å². The van der Waals surface area contributed by atoms with E-state index in [1.807, 2.05) is 39.0 Å². The van der Waals surface area contributed by atoms with Crippen molar-refractivity contribution in [1.82, 2.24) is 5.32 Å². The summed E-state index contributed by atoms with van der Waals surface area (Å²) in [6.07, 6.45) is 0. The summed E-state index contributed by atoms with van der Waals surface area (Å²) >= 11 is 6.09. The predicted molar refractivity (Wildman–Crippen MR) is 125 cm³/mol. The third-order valence-electron chi connectivity index (χ3n) is 5.12. The van der Waals surface area contributed by atoms with E-state index in [2.05, 4.69) is 5.32 Å². The van der Waals surface area contributed by atoms with Gasteiger partial charge in [-0.15, -0.1) is 0 Å². The lowest BCUT2D eigenvalue weighted by atomic mass is 10.0. The molecule has 0 aromatic heterocycles. The molecule has 0 spiro atoms. The molecule has 3 rings (SSSR count). The summed E-state index contributed by atoms with van der Waals surface area (Å²) in [4.78, 5) is 13.0. The maximum atomic E-state index is 13.3. The van der Waals surface area contributed by atoms with Crippen molar-refractivity contribution in [1.29, 1.82) is 0 Å². The molecule has 1 atom stereocenters. The monoisotopic (exact) mass is 456 g/mol. The number of rotatable bonds is 7. The maximum Gasteiger partial charge on any atom is 0.264 e. The number of hydrogen-bond acceptors (Lipinski definition) is 3. The highest BCUT2D eigenvalue weighted by atomic mass is 35.5. The molecule has 1 amide bonds. The van der Waals surface area contributed by atoms with Crippen LogP contribution in [-0.4, -0.2) is 20.9 Å². The molecule has 0 aliphatic carbocycles. The number of benzene rings is 3. The Morgan fingerprint density at radius 2 is 1.68 bits per heavy atom. The molecule has 0 fully saturated rings. The average molecular weight is 457 g/mol. The Bertz CT molecular complexity index is 1180. The fourth-order valence-electron chi connectivity index (χ4n) is 3.20. The van der Waals surface area contributed by atoms with Crippen LogP contribution in [0.15, 0.2) is 77.7 Å². The molecule has 31 heavy (non-hydrogen) atoms. The molecule has 0 saturated heterocycles. The number of nitrogens with one attached hydrogen (secondary N) is 1. The van der Waals surface area contributed by atoms with Gasteiger partial charge in [-0.05, 0) is 67.8 Å². The van der Waals surface area contributed by atoms with Gasteiger partial charge in [-0.2, -0.15) is 0 Å². The smallest absolute Gasteiger partial charge is 0.264 e. The summed E-state index contributed by atoms with van der Waals surface area (Å²) in [6, 6.07) is 20.2.